The highest BCUT2D eigenvalue weighted by Gasteiger charge is 2.22. The van der Waals surface area contributed by atoms with Crippen molar-refractivity contribution in [1.82, 2.24) is 15.3 Å². The number of rotatable bonds is 3. The van der Waals surface area contributed by atoms with Gasteiger partial charge in [-0.2, -0.15) is 0 Å². The standard InChI is InChI=1S/C12H10ClF2N3/c1-16-12(9-4-5-17-6-18-9)10-7(13)2-3-8(14)11(10)15/h2-6,12,16H,1H3. The van der Waals surface area contributed by atoms with Crippen molar-refractivity contribution in [2.24, 2.45) is 0 Å². The molecule has 2 aromatic rings. The molecule has 1 unspecified atom stereocenters. The van der Waals surface area contributed by atoms with Gasteiger partial charge in [0.2, 0.25) is 0 Å². The maximum absolute atomic E-state index is 13.8. The zero-order valence-electron chi connectivity index (χ0n) is 9.49. The van der Waals surface area contributed by atoms with Crippen LogP contribution in [-0.2, 0) is 0 Å². The van der Waals surface area contributed by atoms with E-state index in [1.807, 2.05) is 0 Å². The molecule has 0 aliphatic rings. The van der Waals surface area contributed by atoms with Crippen LogP contribution in [0.15, 0.2) is 30.7 Å². The summed E-state index contributed by atoms with van der Waals surface area (Å²) in [5, 5.41) is 3.01. The van der Waals surface area contributed by atoms with E-state index in [1.54, 1.807) is 13.1 Å². The number of nitrogens with one attached hydrogen (secondary N) is 1. The van der Waals surface area contributed by atoms with Crippen LogP contribution in [0.5, 0.6) is 0 Å². The van der Waals surface area contributed by atoms with Gasteiger partial charge in [-0.1, -0.05) is 11.6 Å². The first kappa shape index (κ1) is 12.9. The monoisotopic (exact) mass is 269 g/mol. The average molecular weight is 270 g/mol. The highest BCUT2D eigenvalue weighted by molar-refractivity contribution is 6.31. The van der Waals surface area contributed by atoms with E-state index in [0.717, 1.165) is 6.07 Å². The van der Waals surface area contributed by atoms with Crippen molar-refractivity contribution in [3.8, 4) is 0 Å². The molecule has 1 aromatic heterocycles. The second kappa shape index (κ2) is 5.37. The van der Waals surface area contributed by atoms with Gasteiger partial charge < -0.3 is 5.32 Å². The minimum Gasteiger partial charge on any atom is -0.308 e. The van der Waals surface area contributed by atoms with Gasteiger partial charge in [0, 0.05) is 16.8 Å². The van der Waals surface area contributed by atoms with Crippen LogP contribution in [0.4, 0.5) is 8.78 Å². The Kier molecular flexibility index (Phi) is 3.84. The molecule has 94 valence electrons. The molecule has 0 saturated heterocycles. The van der Waals surface area contributed by atoms with E-state index in [2.05, 4.69) is 15.3 Å². The van der Waals surface area contributed by atoms with Gasteiger partial charge in [0.15, 0.2) is 11.6 Å². The molecule has 1 aromatic carbocycles. The zero-order valence-corrected chi connectivity index (χ0v) is 10.2. The molecule has 0 aliphatic carbocycles. The Labute approximate surface area is 108 Å². The van der Waals surface area contributed by atoms with Crippen molar-refractivity contribution in [2.45, 2.75) is 6.04 Å². The summed E-state index contributed by atoms with van der Waals surface area (Å²) in [7, 11) is 1.62. The van der Waals surface area contributed by atoms with E-state index in [1.165, 1.54) is 18.6 Å². The molecule has 0 amide bonds. The van der Waals surface area contributed by atoms with Gasteiger partial charge in [0.25, 0.3) is 0 Å². The van der Waals surface area contributed by atoms with E-state index in [0.29, 0.717) is 5.69 Å². The number of benzene rings is 1. The molecule has 1 atom stereocenters. The van der Waals surface area contributed by atoms with Gasteiger partial charge in [-0.25, -0.2) is 18.7 Å². The van der Waals surface area contributed by atoms with E-state index < -0.39 is 17.7 Å². The van der Waals surface area contributed by atoms with Gasteiger partial charge in [0.05, 0.1) is 11.7 Å². The first-order valence-electron chi connectivity index (χ1n) is 5.21. The number of hydrogen-bond donors (Lipinski definition) is 1. The average Bonchev–Trinajstić information content (AvgIpc) is 2.40. The summed E-state index contributed by atoms with van der Waals surface area (Å²) in [5.41, 5.74) is 0.553. The number of hydrogen-bond acceptors (Lipinski definition) is 3. The normalized spacial score (nSPS) is 12.4. The SMILES string of the molecule is CNC(c1ccncn1)c1c(Cl)ccc(F)c1F. The number of nitrogens with zero attached hydrogens (tertiary/aromatic N) is 2. The summed E-state index contributed by atoms with van der Waals surface area (Å²) in [5.74, 6) is -1.91. The molecule has 3 nitrogen and oxygen atoms in total. The number of halogens is 3. The third kappa shape index (κ3) is 2.32. The van der Waals surface area contributed by atoms with Crippen LogP contribution < -0.4 is 5.32 Å². The fourth-order valence-electron chi connectivity index (χ4n) is 1.72. The predicted molar refractivity (Wildman–Crippen MR) is 64.3 cm³/mol. The van der Waals surface area contributed by atoms with E-state index in [4.69, 9.17) is 11.6 Å². The summed E-state index contributed by atoms with van der Waals surface area (Å²) < 4.78 is 27.1. The lowest BCUT2D eigenvalue weighted by atomic mass is 10.0. The maximum Gasteiger partial charge on any atom is 0.165 e. The smallest absolute Gasteiger partial charge is 0.165 e. The van der Waals surface area contributed by atoms with Crippen molar-refractivity contribution in [3.05, 3.63) is 58.6 Å². The highest BCUT2D eigenvalue weighted by atomic mass is 35.5. The third-order valence-electron chi connectivity index (χ3n) is 2.56. The molecule has 6 heteroatoms. The Morgan fingerprint density at radius 2 is 2.06 bits per heavy atom. The molecule has 18 heavy (non-hydrogen) atoms. The molecule has 0 fully saturated rings. The molecule has 1 N–H and O–H groups in total. The second-order valence-corrected chi connectivity index (χ2v) is 4.02. The summed E-state index contributed by atoms with van der Waals surface area (Å²) in [6.45, 7) is 0. The largest absolute Gasteiger partial charge is 0.308 e. The highest BCUT2D eigenvalue weighted by Crippen LogP contribution is 2.30. The molecular formula is C12H10ClF2N3. The summed E-state index contributed by atoms with van der Waals surface area (Å²) in [4.78, 5) is 7.80. The Morgan fingerprint density at radius 1 is 1.28 bits per heavy atom. The lowest BCUT2D eigenvalue weighted by molar-refractivity contribution is 0.485. The minimum absolute atomic E-state index is 0.0397. The van der Waals surface area contributed by atoms with Crippen molar-refractivity contribution in [1.29, 1.82) is 0 Å². The van der Waals surface area contributed by atoms with Crippen molar-refractivity contribution in [2.75, 3.05) is 7.05 Å². The van der Waals surface area contributed by atoms with Crippen LogP contribution in [-0.4, -0.2) is 17.0 Å². The lowest BCUT2D eigenvalue weighted by Crippen LogP contribution is -2.21. The first-order chi connectivity index (χ1) is 8.65. The van der Waals surface area contributed by atoms with E-state index in [-0.39, 0.29) is 10.6 Å². The van der Waals surface area contributed by atoms with Crippen LogP contribution in [0.1, 0.15) is 17.3 Å². The van der Waals surface area contributed by atoms with Gasteiger partial charge in [-0.3, -0.25) is 0 Å². The van der Waals surface area contributed by atoms with Crippen molar-refractivity contribution >= 4 is 11.6 Å². The Hall–Kier alpha value is -1.59. The molecule has 0 bridgehead atoms. The van der Waals surface area contributed by atoms with E-state index in [9.17, 15) is 8.78 Å². The van der Waals surface area contributed by atoms with Gasteiger partial charge in [-0.15, -0.1) is 0 Å². The van der Waals surface area contributed by atoms with Crippen LogP contribution in [0.2, 0.25) is 5.02 Å². The van der Waals surface area contributed by atoms with Crippen LogP contribution in [0.25, 0.3) is 0 Å². The molecule has 0 spiro atoms. The topological polar surface area (TPSA) is 37.8 Å². The van der Waals surface area contributed by atoms with E-state index >= 15 is 0 Å². The van der Waals surface area contributed by atoms with Crippen molar-refractivity contribution in [3.63, 3.8) is 0 Å². The molecular weight excluding hydrogens is 260 g/mol. The van der Waals surface area contributed by atoms with Gasteiger partial charge in [-0.05, 0) is 25.2 Å². The summed E-state index contributed by atoms with van der Waals surface area (Å²) in [6.07, 6.45) is 2.86. The summed E-state index contributed by atoms with van der Waals surface area (Å²) >= 11 is 5.93. The van der Waals surface area contributed by atoms with Gasteiger partial charge in [0.1, 0.15) is 6.33 Å². The molecule has 0 saturated carbocycles. The Morgan fingerprint density at radius 3 is 2.67 bits per heavy atom. The lowest BCUT2D eigenvalue weighted by Gasteiger charge is -2.18. The first-order valence-corrected chi connectivity index (χ1v) is 5.59. The molecule has 0 aliphatic heterocycles. The number of aromatic nitrogens is 2. The molecule has 0 radical (unpaired) electrons. The van der Waals surface area contributed by atoms with Crippen LogP contribution in [0, 0.1) is 11.6 Å². The molecule has 1 heterocycles. The maximum atomic E-state index is 13.8. The third-order valence-corrected chi connectivity index (χ3v) is 2.89. The van der Waals surface area contributed by atoms with Crippen LogP contribution >= 0.6 is 11.6 Å². The Balaban J connectivity index is 2.56. The summed E-state index contributed by atoms with van der Waals surface area (Å²) in [6, 6.07) is 3.30. The van der Waals surface area contributed by atoms with Gasteiger partial charge >= 0.3 is 0 Å². The van der Waals surface area contributed by atoms with Crippen LogP contribution in [0.3, 0.4) is 0 Å². The Bertz CT molecular complexity index is 549. The quantitative estimate of drug-likeness (QED) is 0.871. The zero-order chi connectivity index (χ0) is 13.1. The fraction of sp³-hybridized carbons (Fsp3) is 0.167. The predicted octanol–water partition coefficient (Wildman–Crippen LogP) is 2.72. The minimum atomic E-state index is -0.972. The molecule has 2 rings (SSSR count). The second-order valence-electron chi connectivity index (χ2n) is 3.61. The fourth-order valence-corrected chi connectivity index (χ4v) is 1.97. The van der Waals surface area contributed by atoms with Crippen molar-refractivity contribution < 1.29 is 8.78 Å².